The number of rotatable bonds is 3. The first-order valence-corrected chi connectivity index (χ1v) is 5.44. The molecule has 5 nitrogen and oxygen atoms in total. The monoisotopic (exact) mass is 251 g/mol. The standard InChI is InChI=1S/C12H14FN3O2/c1-12(2,18-3)11(17)14-10-8-6-7(13)4-5-9(8)15-16-10/h4-6H,1-3H3,(H2,14,15,16,17). The summed E-state index contributed by atoms with van der Waals surface area (Å²) in [6.45, 7) is 3.27. The van der Waals surface area contributed by atoms with E-state index in [0.717, 1.165) is 0 Å². The molecule has 96 valence electrons. The molecule has 0 spiro atoms. The Labute approximate surface area is 103 Å². The van der Waals surface area contributed by atoms with Crippen molar-refractivity contribution in [2.45, 2.75) is 19.4 Å². The Bertz CT molecular complexity index is 592. The summed E-state index contributed by atoms with van der Waals surface area (Å²) in [5.74, 6) is -0.437. The molecule has 0 aliphatic heterocycles. The first-order chi connectivity index (χ1) is 8.44. The molecule has 0 atom stereocenters. The fraction of sp³-hybridized carbons (Fsp3) is 0.333. The van der Waals surface area contributed by atoms with Gasteiger partial charge in [0.25, 0.3) is 5.91 Å². The third-order valence-corrected chi connectivity index (χ3v) is 2.81. The number of fused-ring (bicyclic) bond motifs is 1. The van der Waals surface area contributed by atoms with E-state index >= 15 is 0 Å². The highest BCUT2D eigenvalue weighted by atomic mass is 19.1. The Morgan fingerprint density at radius 1 is 1.50 bits per heavy atom. The van der Waals surface area contributed by atoms with Crippen LogP contribution in [0.3, 0.4) is 0 Å². The lowest BCUT2D eigenvalue weighted by Gasteiger charge is -2.20. The predicted molar refractivity (Wildman–Crippen MR) is 65.8 cm³/mol. The van der Waals surface area contributed by atoms with Gasteiger partial charge in [0.2, 0.25) is 0 Å². The van der Waals surface area contributed by atoms with Crippen molar-refractivity contribution in [3.63, 3.8) is 0 Å². The SMILES string of the molecule is COC(C)(C)C(=O)Nc1n[nH]c2ccc(F)cc12. The van der Waals surface area contributed by atoms with Gasteiger partial charge in [-0.1, -0.05) is 0 Å². The Hall–Kier alpha value is -1.95. The number of benzene rings is 1. The van der Waals surface area contributed by atoms with E-state index in [9.17, 15) is 9.18 Å². The maximum Gasteiger partial charge on any atom is 0.257 e. The van der Waals surface area contributed by atoms with Crippen LogP contribution in [0.2, 0.25) is 0 Å². The van der Waals surface area contributed by atoms with Crippen molar-refractivity contribution in [2.75, 3.05) is 12.4 Å². The van der Waals surface area contributed by atoms with Crippen LogP contribution in [-0.2, 0) is 9.53 Å². The number of hydrogen-bond donors (Lipinski definition) is 2. The fourth-order valence-corrected chi connectivity index (χ4v) is 1.43. The number of methoxy groups -OCH3 is 1. The summed E-state index contributed by atoms with van der Waals surface area (Å²) in [6.07, 6.45) is 0. The lowest BCUT2D eigenvalue weighted by Crippen LogP contribution is -2.38. The van der Waals surface area contributed by atoms with Crippen LogP contribution >= 0.6 is 0 Å². The molecular weight excluding hydrogens is 237 g/mol. The summed E-state index contributed by atoms with van der Waals surface area (Å²) >= 11 is 0. The lowest BCUT2D eigenvalue weighted by atomic mass is 10.1. The third-order valence-electron chi connectivity index (χ3n) is 2.81. The van der Waals surface area contributed by atoms with Gasteiger partial charge < -0.3 is 10.1 Å². The van der Waals surface area contributed by atoms with E-state index in [-0.39, 0.29) is 11.7 Å². The Morgan fingerprint density at radius 2 is 2.22 bits per heavy atom. The molecule has 0 saturated carbocycles. The van der Waals surface area contributed by atoms with Gasteiger partial charge in [0.1, 0.15) is 11.4 Å². The molecule has 2 aromatic rings. The van der Waals surface area contributed by atoms with Crippen LogP contribution in [0.15, 0.2) is 18.2 Å². The highest BCUT2D eigenvalue weighted by molar-refractivity contribution is 6.02. The van der Waals surface area contributed by atoms with E-state index in [1.54, 1.807) is 19.9 Å². The maximum absolute atomic E-state index is 13.2. The molecule has 0 unspecified atom stereocenters. The van der Waals surface area contributed by atoms with Gasteiger partial charge in [-0.3, -0.25) is 9.89 Å². The number of hydrogen-bond acceptors (Lipinski definition) is 3. The molecule has 0 aliphatic carbocycles. The third kappa shape index (κ3) is 2.19. The van der Waals surface area contributed by atoms with Gasteiger partial charge in [-0.05, 0) is 32.0 Å². The largest absolute Gasteiger partial charge is 0.369 e. The Kier molecular flexibility index (Phi) is 3.04. The highest BCUT2D eigenvalue weighted by Crippen LogP contribution is 2.22. The topological polar surface area (TPSA) is 67.0 Å². The summed E-state index contributed by atoms with van der Waals surface area (Å²) in [7, 11) is 1.45. The van der Waals surface area contributed by atoms with Crippen LogP contribution in [0.1, 0.15) is 13.8 Å². The number of nitrogens with one attached hydrogen (secondary N) is 2. The van der Waals surface area contributed by atoms with E-state index in [1.165, 1.54) is 19.2 Å². The molecule has 18 heavy (non-hydrogen) atoms. The minimum Gasteiger partial charge on any atom is -0.369 e. The first kappa shape index (κ1) is 12.5. The van der Waals surface area contributed by atoms with Crippen molar-refractivity contribution in [1.82, 2.24) is 10.2 Å². The minimum atomic E-state index is -0.974. The molecule has 1 aromatic carbocycles. The number of anilines is 1. The smallest absolute Gasteiger partial charge is 0.257 e. The molecule has 1 amide bonds. The number of aromatic amines is 1. The van der Waals surface area contributed by atoms with Crippen molar-refractivity contribution >= 4 is 22.6 Å². The van der Waals surface area contributed by atoms with Crippen molar-refractivity contribution in [3.05, 3.63) is 24.0 Å². The van der Waals surface area contributed by atoms with E-state index in [0.29, 0.717) is 16.7 Å². The average Bonchev–Trinajstić information content (AvgIpc) is 2.72. The molecule has 0 bridgehead atoms. The second kappa shape index (κ2) is 4.38. The summed E-state index contributed by atoms with van der Waals surface area (Å²) < 4.78 is 18.2. The maximum atomic E-state index is 13.2. The van der Waals surface area contributed by atoms with Gasteiger partial charge in [0, 0.05) is 12.5 Å². The van der Waals surface area contributed by atoms with Crippen molar-refractivity contribution in [2.24, 2.45) is 0 Å². The number of amides is 1. The molecule has 0 fully saturated rings. The number of carbonyl (C=O) groups excluding carboxylic acids is 1. The number of halogens is 1. The molecule has 1 aromatic heterocycles. The summed E-state index contributed by atoms with van der Waals surface area (Å²) in [4.78, 5) is 11.9. The zero-order chi connectivity index (χ0) is 13.3. The molecule has 0 radical (unpaired) electrons. The Morgan fingerprint density at radius 3 is 2.89 bits per heavy atom. The van der Waals surface area contributed by atoms with Crippen molar-refractivity contribution in [3.8, 4) is 0 Å². The van der Waals surface area contributed by atoms with Crippen LogP contribution < -0.4 is 5.32 Å². The van der Waals surface area contributed by atoms with Gasteiger partial charge in [-0.25, -0.2) is 4.39 Å². The summed E-state index contributed by atoms with van der Waals surface area (Å²) in [6, 6.07) is 4.20. The van der Waals surface area contributed by atoms with E-state index < -0.39 is 5.60 Å². The molecule has 2 rings (SSSR count). The van der Waals surface area contributed by atoms with Gasteiger partial charge in [0.05, 0.1) is 5.52 Å². The zero-order valence-electron chi connectivity index (χ0n) is 10.4. The molecule has 2 N–H and O–H groups in total. The number of carbonyl (C=O) groups is 1. The van der Waals surface area contributed by atoms with Crippen LogP contribution in [0.25, 0.3) is 10.9 Å². The van der Waals surface area contributed by atoms with Crippen LogP contribution in [0.5, 0.6) is 0 Å². The molecule has 0 saturated heterocycles. The molecule has 0 aliphatic rings. The minimum absolute atomic E-state index is 0.291. The van der Waals surface area contributed by atoms with Crippen molar-refractivity contribution < 1.29 is 13.9 Å². The van der Waals surface area contributed by atoms with Gasteiger partial charge >= 0.3 is 0 Å². The van der Waals surface area contributed by atoms with E-state index in [2.05, 4.69) is 15.5 Å². The van der Waals surface area contributed by atoms with Crippen molar-refractivity contribution in [1.29, 1.82) is 0 Å². The molecule has 6 heteroatoms. The number of ether oxygens (including phenoxy) is 1. The second-order valence-corrected chi connectivity index (χ2v) is 4.43. The van der Waals surface area contributed by atoms with E-state index in [1.807, 2.05) is 0 Å². The average molecular weight is 251 g/mol. The van der Waals surface area contributed by atoms with Crippen LogP contribution in [-0.4, -0.2) is 28.8 Å². The number of nitrogens with zero attached hydrogens (tertiary/aromatic N) is 1. The summed E-state index contributed by atoms with van der Waals surface area (Å²) in [5.41, 5.74) is -0.319. The van der Waals surface area contributed by atoms with Gasteiger partial charge in [-0.15, -0.1) is 0 Å². The quantitative estimate of drug-likeness (QED) is 0.877. The van der Waals surface area contributed by atoms with E-state index in [4.69, 9.17) is 4.74 Å². The van der Waals surface area contributed by atoms with Gasteiger partial charge in [0.15, 0.2) is 5.82 Å². The zero-order valence-corrected chi connectivity index (χ0v) is 10.4. The second-order valence-electron chi connectivity index (χ2n) is 4.43. The van der Waals surface area contributed by atoms with Crippen LogP contribution in [0, 0.1) is 5.82 Å². The first-order valence-electron chi connectivity index (χ1n) is 5.44. The lowest BCUT2D eigenvalue weighted by molar-refractivity contribution is -0.133. The summed E-state index contributed by atoms with van der Waals surface area (Å²) in [5, 5.41) is 9.80. The van der Waals surface area contributed by atoms with Crippen LogP contribution in [0.4, 0.5) is 10.2 Å². The Balaban J connectivity index is 2.33. The fourth-order valence-electron chi connectivity index (χ4n) is 1.43. The molecular formula is C12H14FN3O2. The predicted octanol–water partition coefficient (Wildman–Crippen LogP) is 2.07. The number of aromatic nitrogens is 2. The molecule has 1 heterocycles. The highest BCUT2D eigenvalue weighted by Gasteiger charge is 2.28. The normalized spacial score (nSPS) is 11.8. The van der Waals surface area contributed by atoms with Gasteiger partial charge in [-0.2, -0.15) is 5.10 Å². The number of H-pyrrole nitrogens is 1.